The number of nitrogens with zero attached hydrogens (tertiary/aromatic N) is 4. The fraction of sp³-hybridized carbons (Fsp3) is 0.360. The Morgan fingerprint density at radius 2 is 1.97 bits per heavy atom. The van der Waals surface area contributed by atoms with Crippen LogP contribution in [-0.2, 0) is 11.8 Å². The van der Waals surface area contributed by atoms with E-state index < -0.39 is 0 Å². The summed E-state index contributed by atoms with van der Waals surface area (Å²) in [6.07, 6.45) is 2.51. The second-order valence-corrected chi connectivity index (χ2v) is 9.44. The van der Waals surface area contributed by atoms with Gasteiger partial charge < -0.3 is 14.6 Å². The Morgan fingerprint density at radius 3 is 2.70 bits per heavy atom. The van der Waals surface area contributed by atoms with E-state index in [2.05, 4.69) is 28.3 Å². The lowest BCUT2D eigenvalue weighted by molar-refractivity contribution is 0.120. The predicted octanol–water partition coefficient (Wildman–Crippen LogP) is 4.61. The topological polar surface area (TPSA) is 66.0 Å². The van der Waals surface area contributed by atoms with Gasteiger partial charge in [-0.15, -0.1) is 11.3 Å². The molecule has 33 heavy (non-hydrogen) atoms. The molecule has 1 N–H and O–H groups in total. The average molecular weight is 464 g/mol. The number of hydrogen-bond donors (Lipinski definition) is 1. The molecule has 3 aromatic heterocycles. The lowest BCUT2D eigenvalue weighted by Crippen LogP contribution is -2.21. The fourth-order valence-corrected chi connectivity index (χ4v) is 5.38. The zero-order valence-electron chi connectivity index (χ0n) is 19.5. The van der Waals surface area contributed by atoms with E-state index in [1.165, 1.54) is 0 Å². The molecule has 1 aromatic carbocycles. The summed E-state index contributed by atoms with van der Waals surface area (Å²) in [5.41, 5.74) is 6.39. The van der Waals surface area contributed by atoms with Crippen LogP contribution in [0.25, 0.3) is 22.6 Å². The van der Waals surface area contributed by atoms with Crippen LogP contribution in [0.2, 0.25) is 0 Å². The number of rotatable bonds is 6. The van der Waals surface area contributed by atoms with Crippen molar-refractivity contribution in [1.82, 2.24) is 18.9 Å². The first-order valence-electron chi connectivity index (χ1n) is 11.3. The lowest BCUT2D eigenvalue weighted by atomic mass is 10.2. The molecule has 1 aliphatic heterocycles. The van der Waals surface area contributed by atoms with Gasteiger partial charge in [0, 0.05) is 42.5 Å². The van der Waals surface area contributed by atoms with Crippen LogP contribution in [0.5, 0.6) is 0 Å². The van der Waals surface area contributed by atoms with E-state index in [1.54, 1.807) is 16.0 Å². The van der Waals surface area contributed by atoms with E-state index in [9.17, 15) is 4.79 Å². The van der Waals surface area contributed by atoms with Crippen molar-refractivity contribution in [3.63, 3.8) is 0 Å². The molecular weight excluding hydrogens is 434 g/mol. The summed E-state index contributed by atoms with van der Waals surface area (Å²) in [5.74, 6) is 0. The van der Waals surface area contributed by atoms with Crippen molar-refractivity contribution in [3.8, 4) is 22.6 Å². The molecule has 0 unspecified atom stereocenters. The molecule has 1 aliphatic rings. The molecule has 1 fully saturated rings. The van der Waals surface area contributed by atoms with Gasteiger partial charge >= 0.3 is 0 Å². The first-order chi connectivity index (χ1) is 16.0. The van der Waals surface area contributed by atoms with Crippen molar-refractivity contribution in [2.45, 2.75) is 39.7 Å². The first kappa shape index (κ1) is 21.7. The quantitative estimate of drug-likeness (QED) is 0.454. The summed E-state index contributed by atoms with van der Waals surface area (Å²) in [6, 6.07) is 11.9. The van der Waals surface area contributed by atoms with E-state index >= 15 is 0 Å². The Hall–Kier alpha value is -3.10. The third-order valence-electron chi connectivity index (χ3n) is 6.46. The zero-order chi connectivity index (χ0) is 23.1. The summed E-state index contributed by atoms with van der Waals surface area (Å²) < 4.78 is 11.4. The number of benzene rings is 1. The van der Waals surface area contributed by atoms with Gasteiger partial charge in [-0.05, 0) is 51.8 Å². The SMILES string of the molecule is Cc1cc(-c2csc(NC[C@H]3CCCO3)n2)c(C)n1-c1c(C)n(C)n(-c2ccccc2)c1=O. The van der Waals surface area contributed by atoms with Crippen molar-refractivity contribution in [1.29, 1.82) is 0 Å². The van der Waals surface area contributed by atoms with Gasteiger partial charge in [0.1, 0.15) is 5.69 Å². The van der Waals surface area contributed by atoms with Crippen molar-refractivity contribution >= 4 is 16.5 Å². The third kappa shape index (κ3) is 3.83. The maximum atomic E-state index is 13.6. The van der Waals surface area contributed by atoms with Crippen LogP contribution in [-0.4, -0.2) is 38.2 Å². The maximum absolute atomic E-state index is 13.6. The number of hydrogen-bond acceptors (Lipinski definition) is 5. The molecule has 8 heteroatoms. The first-order valence-corrected chi connectivity index (χ1v) is 12.2. The molecule has 7 nitrogen and oxygen atoms in total. The van der Waals surface area contributed by atoms with Crippen LogP contribution in [0.15, 0.2) is 46.6 Å². The molecule has 1 saturated heterocycles. The van der Waals surface area contributed by atoms with Crippen molar-refractivity contribution in [3.05, 3.63) is 69.2 Å². The molecule has 0 saturated carbocycles. The number of nitrogens with one attached hydrogen (secondary N) is 1. The minimum atomic E-state index is -0.0354. The third-order valence-corrected chi connectivity index (χ3v) is 7.26. The molecule has 5 rings (SSSR count). The van der Waals surface area contributed by atoms with E-state index in [0.29, 0.717) is 5.69 Å². The highest BCUT2D eigenvalue weighted by Crippen LogP contribution is 2.32. The molecule has 4 heterocycles. The van der Waals surface area contributed by atoms with Gasteiger partial charge in [0.25, 0.3) is 5.56 Å². The zero-order valence-corrected chi connectivity index (χ0v) is 20.3. The smallest absolute Gasteiger partial charge is 0.295 e. The Balaban J connectivity index is 1.50. The van der Waals surface area contributed by atoms with Gasteiger partial charge in [0.05, 0.1) is 23.2 Å². The van der Waals surface area contributed by atoms with Crippen LogP contribution in [0.4, 0.5) is 5.13 Å². The van der Waals surface area contributed by atoms with Gasteiger partial charge in [0.2, 0.25) is 0 Å². The second kappa shape index (κ2) is 8.68. The molecular formula is C25H29N5O2S. The Bertz CT molecular complexity index is 1340. The molecule has 0 spiro atoms. The number of aromatic nitrogens is 4. The van der Waals surface area contributed by atoms with Gasteiger partial charge in [0.15, 0.2) is 5.13 Å². The monoisotopic (exact) mass is 463 g/mol. The van der Waals surface area contributed by atoms with Crippen LogP contribution < -0.4 is 10.9 Å². The molecule has 0 amide bonds. The van der Waals surface area contributed by atoms with Crippen molar-refractivity contribution in [2.75, 3.05) is 18.5 Å². The van der Waals surface area contributed by atoms with Crippen LogP contribution in [0.3, 0.4) is 0 Å². The second-order valence-electron chi connectivity index (χ2n) is 8.58. The van der Waals surface area contributed by atoms with Crippen LogP contribution >= 0.6 is 11.3 Å². The van der Waals surface area contributed by atoms with Crippen LogP contribution in [0, 0.1) is 20.8 Å². The molecule has 172 valence electrons. The summed E-state index contributed by atoms with van der Waals surface area (Å²) in [6.45, 7) is 7.73. The number of anilines is 1. The normalized spacial score (nSPS) is 15.9. The Kier molecular flexibility index (Phi) is 5.72. The predicted molar refractivity (Wildman–Crippen MR) is 133 cm³/mol. The maximum Gasteiger partial charge on any atom is 0.295 e. The lowest BCUT2D eigenvalue weighted by Gasteiger charge is -2.09. The largest absolute Gasteiger partial charge is 0.376 e. The number of thiazole rings is 1. The number of ether oxygens (including phenoxy) is 1. The van der Waals surface area contributed by atoms with E-state index in [1.807, 2.05) is 55.9 Å². The van der Waals surface area contributed by atoms with E-state index in [0.717, 1.165) is 65.2 Å². The molecule has 0 aliphatic carbocycles. The Morgan fingerprint density at radius 1 is 1.18 bits per heavy atom. The molecule has 0 bridgehead atoms. The van der Waals surface area contributed by atoms with Gasteiger partial charge in [-0.25, -0.2) is 9.67 Å². The minimum absolute atomic E-state index is 0.0354. The molecule has 4 aromatic rings. The van der Waals surface area contributed by atoms with E-state index in [4.69, 9.17) is 9.72 Å². The summed E-state index contributed by atoms with van der Waals surface area (Å²) >= 11 is 1.60. The minimum Gasteiger partial charge on any atom is -0.376 e. The number of aryl methyl sites for hydroxylation is 1. The highest BCUT2D eigenvalue weighted by molar-refractivity contribution is 7.14. The van der Waals surface area contributed by atoms with Crippen molar-refractivity contribution in [2.24, 2.45) is 7.05 Å². The van der Waals surface area contributed by atoms with Crippen LogP contribution in [0.1, 0.15) is 29.9 Å². The average Bonchev–Trinajstić information content (AvgIpc) is 3.58. The Labute approximate surface area is 197 Å². The summed E-state index contributed by atoms with van der Waals surface area (Å²) in [5, 5.41) is 6.38. The number of para-hydroxylation sites is 1. The molecule has 1 atom stereocenters. The van der Waals surface area contributed by atoms with E-state index in [-0.39, 0.29) is 11.7 Å². The summed E-state index contributed by atoms with van der Waals surface area (Å²) in [4.78, 5) is 18.4. The van der Waals surface area contributed by atoms with Gasteiger partial charge in [-0.3, -0.25) is 9.48 Å². The standard InChI is InChI=1S/C25H29N5O2S/c1-16-13-21(22-15-33-25(27-22)26-14-20-11-8-12-32-20)17(2)29(16)23-18(3)28(4)30(24(23)31)19-9-6-5-7-10-19/h5-7,9-10,13,15,20H,8,11-12,14H2,1-4H3,(H,26,27)/t20-/m1/s1. The van der Waals surface area contributed by atoms with Crippen molar-refractivity contribution < 1.29 is 4.74 Å². The van der Waals surface area contributed by atoms with Gasteiger partial charge in [-0.1, -0.05) is 18.2 Å². The highest BCUT2D eigenvalue weighted by Gasteiger charge is 2.23. The van der Waals surface area contributed by atoms with Gasteiger partial charge in [-0.2, -0.15) is 0 Å². The summed E-state index contributed by atoms with van der Waals surface area (Å²) in [7, 11) is 1.93. The fourth-order valence-electron chi connectivity index (χ4n) is 4.66. The highest BCUT2D eigenvalue weighted by atomic mass is 32.1. The molecule has 0 radical (unpaired) electrons.